The standard InChI is InChI=1S/C50H28N6/c51-29-34-11-1-3-14-37(34)32-22-24-45-41(27-32)39-16-5-7-18-43(39)55(45)47-20-9-13-36(31-53)49(47)50-48(21-10-26-54-50)56-44-19-8-6-17-40(44)42-28-33(23-25-46(42)56)38-15-4-2-12-35(38)30-52/h1-28H. The third-order valence-corrected chi connectivity index (χ3v) is 10.7. The van der Waals surface area contributed by atoms with Crippen LogP contribution in [-0.2, 0) is 0 Å². The summed E-state index contributed by atoms with van der Waals surface area (Å²) in [6.07, 6.45) is 1.78. The van der Waals surface area contributed by atoms with Crippen LogP contribution >= 0.6 is 0 Å². The Hall–Kier alpha value is -8.24. The maximum atomic E-state index is 10.7. The molecule has 56 heavy (non-hydrogen) atoms. The van der Waals surface area contributed by atoms with Gasteiger partial charge >= 0.3 is 0 Å². The topological polar surface area (TPSA) is 94.1 Å². The van der Waals surface area contributed by atoms with Gasteiger partial charge in [0.2, 0.25) is 0 Å². The molecule has 0 saturated carbocycles. The number of nitrogens with zero attached hydrogens (tertiary/aromatic N) is 6. The largest absolute Gasteiger partial charge is 0.309 e. The Bertz CT molecular complexity index is 3360. The average Bonchev–Trinajstić information content (AvgIpc) is 3.78. The lowest BCUT2D eigenvalue weighted by Gasteiger charge is -2.18. The van der Waals surface area contributed by atoms with Gasteiger partial charge in [0.1, 0.15) is 0 Å². The molecule has 258 valence electrons. The second kappa shape index (κ2) is 13.0. The van der Waals surface area contributed by atoms with Crippen molar-refractivity contribution in [1.82, 2.24) is 14.1 Å². The molecule has 10 aromatic rings. The van der Waals surface area contributed by atoms with Gasteiger partial charge in [0.25, 0.3) is 0 Å². The van der Waals surface area contributed by atoms with Crippen molar-refractivity contribution < 1.29 is 0 Å². The molecule has 0 bridgehead atoms. The summed E-state index contributed by atoms with van der Waals surface area (Å²) in [5, 5.41) is 34.7. The first-order valence-electron chi connectivity index (χ1n) is 18.2. The van der Waals surface area contributed by atoms with E-state index in [1.165, 1.54) is 0 Å². The van der Waals surface area contributed by atoms with E-state index in [1.807, 2.05) is 91.0 Å². The lowest BCUT2D eigenvalue weighted by molar-refractivity contribution is 1.12. The van der Waals surface area contributed by atoms with Crippen LogP contribution in [-0.4, -0.2) is 14.1 Å². The van der Waals surface area contributed by atoms with Crippen LogP contribution in [0.25, 0.3) is 88.5 Å². The number of fused-ring (bicyclic) bond motifs is 6. The van der Waals surface area contributed by atoms with Gasteiger partial charge < -0.3 is 9.13 Å². The molecule has 0 N–H and O–H groups in total. The van der Waals surface area contributed by atoms with E-state index in [1.54, 1.807) is 6.20 Å². The summed E-state index contributed by atoms with van der Waals surface area (Å²) in [5.41, 5.74) is 12.4. The maximum Gasteiger partial charge on any atom is 0.0999 e. The number of hydrogen-bond acceptors (Lipinski definition) is 4. The molecule has 0 fully saturated rings. The first kappa shape index (κ1) is 32.4. The fraction of sp³-hybridized carbons (Fsp3) is 0. The third-order valence-electron chi connectivity index (χ3n) is 10.7. The monoisotopic (exact) mass is 712 g/mol. The zero-order valence-corrected chi connectivity index (χ0v) is 29.8. The van der Waals surface area contributed by atoms with Crippen molar-refractivity contribution in [2.24, 2.45) is 0 Å². The number of rotatable bonds is 5. The second-order valence-electron chi connectivity index (χ2n) is 13.7. The minimum absolute atomic E-state index is 0.504. The number of nitriles is 3. The predicted molar refractivity (Wildman–Crippen MR) is 223 cm³/mol. The van der Waals surface area contributed by atoms with Gasteiger partial charge in [-0.15, -0.1) is 0 Å². The SMILES string of the molecule is N#Cc1ccccc1-c1ccc2c(c1)c1ccccc1n2-c1cccnc1-c1c(C#N)cccc1-n1c2ccccc2c2cc(-c3ccccc3C#N)ccc21. The molecule has 0 radical (unpaired) electrons. The average molecular weight is 713 g/mol. The molecule has 0 aliphatic heterocycles. The van der Waals surface area contributed by atoms with E-state index < -0.39 is 0 Å². The minimum atomic E-state index is 0.504. The Morgan fingerprint density at radius 2 is 0.857 bits per heavy atom. The summed E-state index contributed by atoms with van der Waals surface area (Å²) in [4.78, 5) is 5.07. The van der Waals surface area contributed by atoms with Crippen LogP contribution in [0.1, 0.15) is 16.7 Å². The van der Waals surface area contributed by atoms with Gasteiger partial charge in [0, 0.05) is 33.3 Å². The van der Waals surface area contributed by atoms with E-state index in [0.717, 1.165) is 82.8 Å². The molecule has 6 nitrogen and oxygen atoms in total. The van der Waals surface area contributed by atoms with Gasteiger partial charge in [-0.3, -0.25) is 4.98 Å². The highest BCUT2D eigenvalue weighted by Crippen LogP contribution is 2.42. The van der Waals surface area contributed by atoms with Crippen LogP contribution in [0.2, 0.25) is 0 Å². The van der Waals surface area contributed by atoms with Crippen molar-refractivity contribution in [2.75, 3.05) is 0 Å². The van der Waals surface area contributed by atoms with Crippen molar-refractivity contribution in [3.8, 4) is 63.1 Å². The smallest absolute Gasteiger partial charge is 0.0999 e. The zero-order valence-electron chi connectivity index (χ0n) is 29.8. The van der Waals surface area contributed by atoms with Crippen LogP contribution < -0.4 is 0 Å². The third kappa shape index (κ3) is 4.90. The van der Waals surface area contributed by atoms with Crippen molar-refractivity contribution in [2.45, 2.75) is 0 Å². The molecular weight excluding hydrogens is 685 g/mol. The Morgan fingerprint density at radius 1 is 0.393 bits per heavy atom. The molecule has 0 saturated heterocycles. The zero-order chi connectivity index (χ0) is 37.8. The first-order chi connectivity index (χ1) is 27.7. The summed E-state index contributed by atoms with van der Waals surface area (Å²) in [6, 6.07) is 61.7. The Morgan fingerprint density at radius 3 is 1.43 bits per heavy atom. The first-order valence-corrected chi connectivity index (χ1v) is 18.2. The van der Waals surface area contributed by atoms with E-state index in [4.69, 9.17) is 4.98 Å². The van der Waals surface area contributed by atoms with Crippen LogP contribution in [0.5, 0.6) is 0 Å². The summed E-state index contributed by atoms with van der Waals surface area (Å²) in [5.74, 6) is 0. The molecule has 0 aliphatic rings. The van der Waals surface area contributed by atoms with Crippen LogP contribution in [0.15, 0.2) is 170 Å². The number of aromatic nitrogens is 3. The summed E-state index contributed by atoms with van der Waals surface area (Å²) in [6.45, 7) is 0. The predicted octanol–water partition coefficient (Wildman–Crippen LogP) is 11.9. The van der Waals surface area contributed by atoms with E-state index in [-0.39, 0.29) is 0 Å². The summed E-state index contributed by atoms with van der Waals surface area (Å²) in [7, 11) is 0. The number of benzene rings is 7. The molecular formula is C50H28N6. The van der Waals surface area contributed by atoms with Gasteiger partial charge in [-0.05, 0) is 95.1 Å². The molecule has 0 aliphatic carbocycles. The van der Waals surface area contributed by atoms with Gasteiger partial charge in [0.15, 0.2) is 0 Å². The molecule has 3 aromatic heterocycles. The maximum absolute atomic E-state index is 10.7. The van der Waals surface area contributed by atoms with E-state index in [9.17, 15) is 15.8 Å². The Kier molecular flexibility index (Phi) is 7.53. The Balaban J connectivity index is 1.24. The van der Waals surface area contributed by atoms with Gasteiger partial charge in [-0.1, -0.05) is 91.0 Å². The molecule has 10 rings (SSSR count). The fourth-order valence-corrected chi connectivity index (χ4v) is 8.30. The number of para-hydroxylation sites is 2. The molecule has 0 spiro atoms. The summed E-state index contributed by atoms with van der Waals surface area (Å²) < 4.78 is 4.46. The fourth-order valence-electron chi connectivity index (χ4n) is 8.30. The highest BCUT2D eigenvalue weighted by atomic mass is 15.0. The Labute approximate surface area is 322 Å². The minimum Gasteiger partial charge on any atom is -0.309 e. The molecule has 0 atom stereocenters. The van der Waals surface area contributed by atoms with Crippen molar-refractivity contribution >= 4 is 43.6 Å². The quantitative estimate of drug-likeness (QED) is 0.177. The van der Waals surface area contributed by atoms with Crippen molar-refractivity contribution in [1.29, 1.82) is 15.8 Å². The number of hydrogen-bond donors (Lipinski definition) is 0. The van der Waals surface area contributed by atoms with E-state index >= 15 is 0 Å². The number of pyridine rings is 1. The van der Waals surface area contributed by atoms with Gasteiger partial charge in [0.05, 0.1) is 74.0 Å². The molecule has 6 heteroatoms. The van der Waals surface area contributed by atoms with Gasteiger partial charge in [-0.25, -0.2) is 0 Å². The molecule has 7 aromatic carbocycles. The molecule has 3 heterocycles. The van der Waals surface area contributed by atoms with Crippen LogP contribution in [0, 0.1) is 34.0 Å². The van der Waals surface area contributed by atoms with Crippen LogP contribution in [0.4, 0.5) is 0 Å². The highest BCUT2D eigenvalue weighted by Gasteiger charge is 2.24. The van der Waals surface area contributed by atoms with E-state index in [0.29, 0.717) is 22.4 Å². The van der Waals surface area contributed by atoms with E-state index in [2.05, 4.69) is 100 Å². The van der Waals surface area contributed by atoms with Crippen LogP contribution in [0.3, 0.4) is 0 Å². The molecule has 0 unspecified atom stereocenters. The van der Waals surface area contributed by atoms with Crippen molar-refractivity contribution in [3.63, 3.8) is 0 Å². The van der Waals surface area contributed by atoms with Gasteiger partial charge in [-0.2, -0.15) is 15.8 Å². The lowest BCUT2D eigenvalue weighted by Crippen LogP contribution is -2.04. The second-order valence-corrected chi connectivity index (χ2v) is 13.7. The summed E-state index contributed by atoms with van der Waals surface area (Å²) >= 11 is 0. The molecule has 0 amide bonds. The lowest BCUT2D eigenvalue weighted by atomic mass is 9.98. The normalized spacial score (nSPS) is 11.2. The highest BCUT2D eigenvalue weighted by molar-refractivity contribution is 6.13. The van der Waals surface area contributed by atoms with Crippen molar-refractivity contribution in [3.05, 3.63) is 187 Å².